The number of hydrogen-bond acceptors (Lipinski definition) is 3. The predicted molar refractivity (Wildman–Crippen MR) is 148 cm³/mol. The smallest absolute Gasteiger partial charge is 0.242 e. The number of hydrogen-bond donors (Lipinski definition) is 1. The summed E-state index contributed by atoms with van der Waals surface area (Å²) in [5.41, 5.74) is 3.34. The molecule has 1 fully saturated rings. The van der Waals surface area contributed by atoms with Gasteiger partial charge in [0, 0.05) is 42.1 Å². The minimum absolute atomic E-state index is 0.00779. The quantitative estimate of drug-likeness (QED) is 0.351. The van der Waals surface area contributed by atoms with Gasteiger partial charge < -0.3 is 19.5 Å². The Morgan fingerprint density at radius 3 is 2.46 bits per heavy atom. The number of fused-ring (bicyclic) bond motifs is 1. The van der Waals surface area contributed by atoms with Crippen LogP contribution in [0.2, 0.25) is 0 Å². The highest BCUT2D eigenvalue weighted by Crippen LogP contribution is 2.26. The molecule has 1 heterocycles. The number of carbonyl (C=O) groups is 2. The van der Waals surface area contributed by atoms with Crippen molar-refractivity contribution < 1.29 is 14.3 Å². The second-order valence-electron chi connectivity index (χ2n) is 10.4. The number of aromatic nitrogens is 1. The third-order valence-electron chi connectivity index (χ3n) is 7.45. The van der Waals surface area contributed by atoms with Crippen LogP contribution in [0.15, 0.2) is 54.7 Å². The highest BCUT2D eigenvalue weighted by atomic mass is 16.5. The number of carbonyl (C=O) groups excluding carboxylic acids is 2. The molecule has 37 heavy (non-hydrogen) atoms. The Labute approximate surface area is 221 Å². The van der Waals surface area contributed by atoms with E-state index in [1.54, 1.807) is 4.90 Å². The second kappa shape index (κ2) is 12.8. The average Bonchev–Trinajstić information content (AvgIpc) is 3.33. The molecule has 3 aromatic rings. The fourth-order valence-electron chi connectivity index (χ4n) is 5.31. The van der Waals surface area contributed by atoms with Crippen molar-refractivity contribution in [2.75, 3.05) is 19.7 Å². The number of benzene rings is 2. The van der Waals surface area contributed by atoms with Crippen molar-refractivity contribution >= 4 is 22.7 Å². The Morgan fingerprint density at radius 1 is 1.03 bits per heavy atom. The lowest BCUT2D eigenvalue weighted by Crippen LogP contribution is -2.48. The van der Waals surface area contributed by atoms with E-state index in [0.717, 1.165) is 48.9 Å². The Balaban J connectivity index is 1.50. The number of para-hydroxylation sites is 1. The van der Waals surface area contributed by atoms with Crippen LogP contribution < -0.4 is 4.74 Å². The van der Waals surface area contributed by atoms with E-state index in [9.17, 15) is 9.59 Å². The van der Waals surface area contributed by atoms with Gasteiger partial charge in [-0.1, -0.05) is 49.6 Å². The Morgan fingerprint density at radius 2 is 1.76 bits per heavy atom. The Hall–Kier alpha value is -3.28. The molecule has 0 saturated heterocycles. The molecule has 2 amide bonds. The van der Waals surface area contributed by atoms with Crippen LogP contribution in [0.1, 0.15) is 64.0 Å². The minimum atomic E-state index is -0.0145. The third-order valence-corrected chi connectivity index (χ3v) is 7.45. The van der Waals surface area contributed by atoms with E-state index in [-0.39, 0.29) is 30.3 Å². The molecule has 6 nitrogen and oxygen atoms in total. The van der Waals surface area contributed by atoms with Crippen molar-refractivity contribution in [2.45, 2.75) is 71.9 Å². The van der Waals surface area contributed by atoms with Gasteiger partial charge in [-0.25, -0.2) is 0 Å². The van der Waals surface area contributed by atoms with Crippen LogP contribution in [-0.4, -0.2) is 52.3 Å². The fraction of sp³-hybridized carbons (Fsp3) is 0.484. The maximum Gasteiger partial charge on any atom is 0.242 e. The first-order valence-electron chi connectivity index (χ1n) is 13.8. The normalized spacial score (nSPS) is 14.2. The lowest BCUT2D eigenvalue weighted by Gasteiger charge is -2.33. The Bertz CT molecular complexity index is 1160. The number of rotatable bonds is 11. The molecule has 0 spiro atoms. The Kier molecular flexibility index (Phi) is 9.26. The molecule has 2 aromatic carbocycles. The number of H-pyrrole nitrogens is 1. The average molecular weight is 504 g/mol. The number of nitrogens with zero attached hydrogens (tertiary/aromatic N) is 2. The van der Waals surface area contributed by atoms with Crippen LogP contribution in [0.3, 0.4) is 0 Å². The number of aromatic amines is 1. The molecule has 0 aliphatic heterocycles. The molecule has 0 radical (unpaired) electrons. The summed E-state index contributed by atoms with van der Waals surface area (Å²) in [6.07, 6.45) is 8.06. The molecule has 1 N–H and O–H groups in total. The number of ether oxygens (including phenoxy) is 1. The third kappa shape index (κ3) is 6.94. The summed E-state index contributed by atoms with van der Waals surface area (Å²) >= 11 is 0. The van der Waals surface area contributed by atoms with Gasteiger partial charge in [-0.05, 0) is 69.4 Å². The van der Waals surface area contributed by atoms with Gasteiger partial charge in [0.2, 0.25) is 11.8 Å². The molecule has 1 saturated carbocycles. The van der Waals surface area contributed by atoms with E-state index in [2.05, 4.69) is 17.1 Å². The standard InChI is InChI=1S/C31H41N3O3/c1-4-37-27-16-14-24(15-17-27)21-33(19-18-26-20-32-29-13-9-8-12-28(26)29)30(35)22-34(23(2)3)31(36)25-10-6-5-7-11-25/h8-9,12-17,20,23,25,32H,4-7,10-11,18-19,21-22H2,1-3H3. The van der Waals surface area contributed by atoms with Crippen LogP contribution in [0.25, 0.3) is 10.9 Å². The lowest BCUT2D eigenvalue weighted by molar-refractivity contribution is -0.145. The summed E-state index contributed by atoms with van der Waals surface area (Å²) in [6.45, 7) is 7.81. The summed E-state index contributed by atoms with van der Waals surface area (Å²) in [5.74, 6) is 1.01. The largest absolute Gasteiger partial charge is 0.494 e. The van der Waals surface area contributed by atoms with Gasteiger partial charge >= 0.3 is 0 Å². The topological polar surface area (TPSA) is 65.6 Å². The van der Waals surface area contributed by atoms with Gasteiger partial charge in [-0.15, -0.1) is 0 Å². The second-order valence-corrected chi connectivity index (χ2v) is 10.4. The van der Waals surface area contributed by atoms with Gasteiger partial charge in [0.1, 0.15) is 5.75 Å². The summed E-state index contributed by atoms with van der Waals surface area (Å²) in [5, 5.41) is 1.19. The summed E-state index contributed by atoms with van der Waals surface area (Å²) in [6, 6.07) is 16.2. The molecule has 0 bridgehead atoms. The lowest BCUT2D eigenvalue weighted by atomic mass is 9.88. The zero-order chi connectivity index (χ0) is 26.2. The van der Waals surface area contributed by atoms with Crippen molar-refractivity contribution in [2.24, 2.45) is 5.92 Å². The molecular weight excluding hydrogens is 462 g/mol. The zero-order valence-corrected chi connectivity index (χ0v) is 22.5. The van der Waals surface area contributed by atoms with E-state index in [1.807, 2.05) is 68.3 Å². The number of amides is 2. The minimum Gasteiger partial charge on any atom is -0.494 e. The maximum absolute atomic E-state index is 13.7. The maximum atomic E-state index is 13.7. The summed E-state index contributed by atoms with van der Waals surface area (Å²) < 4.78 is 5.59. The molecule has 1 aromatic heterocycles. The van der Waals surface area contributed by atoms with Crippen molar-refractivity contribution in [3.05, 3.63) is 65.9 Å². The summed E-state index contributed by atoms with van der Waals surface area (Å²) in [4.78, 5) is 34.2. The zero-order valence-electron chi connectivity index (χ0n) is 22.5. The SMILES string of the molecule is CCOc1ccc(CN(CCc2c[nH]c3ccccc23)C(=O)CN(C(=O)C2CCCCC2)C(C)C)cc1. The summed E-state index contributed by atoms with van der Waals surface area (Å²) in [7, 11) is 0. The van der Waals surface area contributed by atoms with Gasteiger partial charge in [0.15, 0.2) is 0 Å². The molecule has 198 valence electrons. The highest BCUT2D eigenvalue weighted by molar-refractivity contribution is 5.86. The molecule has 1 aliphatic rings. The molecule has 1 aliphatic carbocycles. The fourth-order valence-corrected chi connectivity index (χ4v) is 5.31. The van der Waals surface area contributed by atoms with E-state index < -0.39 is 0 Å². The van der Waals surface area contributed by atoms with E-state index in [4.69, 9.17) is 4.74 Å². The first-order valence-corrected chi connectivity index (χ1v) is 13.8. The molecule has 6 heteroatoms. The van der Waals surface area contributed by atoms with E-state index in [1.165, 1.54) is 17.4 Å². The van der Waals surface area contributed by atoms with Gasteiger partial charge in [0.25, 0.3) is 0 Å². The molecule has 0 atom stereocenters. The van der Waals surface area contributed by atoms with Crippen molar-refractivity contribution in [1.82, 2.24) is 14.8 Å². The highest BCUT2D eigenvalue weighted by Gasteiger charge is 2.30. The van der Waals surface area contributed by atoms with Crippen LogP contribution in [0.5, 0.6) is 5.75 Å². The monoisotopic (exact) mass is 503 g/mol. The van der Waals surface area contributed by atoms with Crippen LogP contribution in [-0.2, 0) is 22.6 Å². The van der Waals surface area contributed by atoms with Gasteiger partial charge in [-0.2, -0.15) is 0 Å². The van der Waals surface area contributed by atoms with Crippen molar-refractivity contribution in [3.63, 3.8) is 0 Å². The van der Waals surface area contributed by atoms with E-state index in [0.29, 0.717) is 19.7 Å². The first kappa shape index (κ1) is 26.8. The molecular formula is C31H41N3O3. The van der Waals surface area contributed by atoms with Gasteiger partial charge in [-0.3, -0.25) is 9.59 Å². The molecule has 0 unspecified atom stereocenters. The first-order chi connectivity index (χ1) is 18.0. The van der Waals surface area contributed by atoms with Crippen LogP contribution in [0, 0.1) is 5.92 Å². The van der Waals surface area contributed by atoms with Crippen molar-refractivity contribution in [1.29, 1.82) is 0 Å². The van der Waals surface area contributed by atoms with Crippen LogP contribution >= 0.6 is 0 Å². The van der Waals surface area contributed by atoms with Crippen LogP contribution in [0.4, 0.5) is 0 Å². The van der Waals surface area contributed by atoms with Crippen molar-refractivity contribution in [3.8, 4) is 5.75 Å². The number of nitrogens with one attached hydrogen (secondary N) is 1. The molecule has 4 rings (SSSR count). The predicted octanol–water partition coefficient (Wildman–Crippen LogP) is 5.96. The van der Waals surface area contributed by atoms with E-state index >= 15 is 0 Å². The van der Waals surface area contributed by atoms with Gasteiger partial charge in [0.05, 0.1) is 13.2 Å².